The lowest BCUT2D eigenvalue weighted by Crippen LogP contribution is -2.10. The predicted molar refractivity (Wildman–Crippen MR) is 52.0 cm³/mol. The van der Waals surface area contributed by atoms with E-state index in [9.17, 15) is 9.59 Å². The van der Waals surface area contributed by atoms with Gasteiger partial charge in [0.25, 0.3) is 11.1 Å². The lowest BCUT2D eigenvalue weighted by molar-refractivity contribution is 1.21. The summed E-state index contributed by atoms with van der Waals surface area (Å²) >= 11 is 0. The minimum atomic E-state index is -0.342. The van der Waals surface area contributed by atoms with Gasteiger partial charge in [-0.05, 0) is 18.2 Å². The van der Waals surface area contributed by atoms with Crippen LogP contribution < -0.4 is 11.1 Å². The van der Waals surface area contributed by atoms with Crippen LogP contribution in [0.15, 0.2) is 40.2 Å². The molecule has 0 fully saturated rings. The number of hydrogen-bond donors (Lipinski definition) is 2. The molecule has 0 aromatic carbocycles. The highest BCUT2D eigenvalue weighted by Crippen LogP contribution is 2.09. The molecular weight excluding hydrogens is 180 g/mol. The predicted octanol–water partition coefficient (Wildman–Crippen LogP) is 0.530. The Morgan fingerprint density at radius 1 is 1.07 bits per heavy atom. The lowest BCUT2D eigenvalue weighted by atomic mass is 10.1. The third-order valence-corrected chi connectivity index (χ3v) is 1.82. The maximum Gasteiger partial charge on any atom is 0.256 e. The van der Waals surface area contributed by atoms with Crippen molar-refractivity contribution < 1.29 is 0 Å². The third kappa shape index (κ3) is 1.50. The second-order valence-corrected chi connectivity index (χ2v) is 2.76. The Kier molecular flexibility index (Phi) is 2.02. The molecule has 0 aliphatic carbocycles. The molecule has 2 aromatic rings. The third-order valence-electron chi connectivity index (χ3n) is 1.82. The van der Waals surface area contributed by atoms with Gasteiger partial charge in [0, 0.05) is 23.5 Å². The minimum Gasteiger partial charge on any atom is -0.329 e. The van der Waals surface area contributed by atoms with Gasteiger partial charge in [0.1, 0.15) is 0 Å². The highest BCUT2D eigenvalue weighted by molar-refractivity contribution is 5.60. The van der Waals surface area contributed by atoms with Crippen molar-refractivity contribution in [3.05, 3.63) is 57.4 Å². The van der Waals surface area contributed by atoms with Crippen LogP contribution in [0.25, 0.3) is 11.1 Å². The molecule has 4 nitrogen and oxygen atoms in total. The SMILES string of the molecule is O=c1[c]c(-c2ccc[nH]c2=O)cc[nH]1. The summed E-state index contributed by atoms with van der Waals surface area (Å²) in [6.45, 7) is 0. The molecule has 0 aliphatic heterocycles. The van der Waals surface area contributed by atoms with Gasteiger partial charge in [-0.15, -0.1) is 0 Å². The van der Waals surface area contributed by atoms with Crippen molar-refractivity contribution in [1.29, 1.82) is 0 Å². The molecule has 2 heterocycles. The fourth-order valence-corrected chi connectivity index (χ4v) is 1.19. The Morgan fingerprint density at radius 2 is 1.93 bits per heavy atom. The van der Waals surface area contributed by atoms with Gasteiger partial charge < -0.3 is 9.97 Å². The quantitative estimate of drug-likeness (QED) is 0.683. The lowest BCUT2D eigenvalue weighted by Gasteiger charge is -1.96. The van der Waals surface area contributed by atoms with Gasteiger partial charge in [-0.1, -0.05) is 0 Å². The summed E-state index contributed by atoms with van der Waals surface area (Å²) in [5.74, 6) is 0. The fraction of sp³-hybridized carbons (Fsp3) is 0. The standard InChI is InChI=1S/C10H7N2O2/c13-9-6-7(3-5-11-9)8-2-1-4-12-10(8)14/h1-5H,(H,11,13)(H,12,14). The first-order valence-corrected chi connectivity index (χ1v) is 4.06. The number of rotatable bonds is 1. The maximum atomic E-state index is 11.3. The van der Waals surface area contributed by atoms with E-state index in [4.69, 9.17) is 0 Å². The minimum absolute atomic E-state index is 0.227. The number of hydrogen-bond acceptors (Lipinski definition) is 2. The Labute approximate surface area is 79.3 Å². The summed E-state index contributed by atoms with van der Waals surface area (Å²) in [5, 5.41) is 0. The van der Waals surface area contributed by atoms with Crippen molar-refractivity contribution in [3.8, 4) is 11.1 Å². The van der Waals surface area contributed by atoms with Crippen LogP contribution in [0.1, 0.15) is 0 Å². The molecule has 1 radical (unpaired) electrons. The Balaban J connectivity index is 2.67. The smallest absolute Gasteiger partial charge is 0.256 e. The van der Waals surface area contributed by atoms with Crippen LogP contribution in [0.2, 0.25) is 0 Å². The molecule has 4 heteroatoms. The van der Waals surface area contributed by atoms with Crippen molar-refractivity contribution >= 4 is 0 Å². The molecule has 2 rings (SSSR count). The van der Waals surface area contributed by atoms with Crippen molar-refractivity contribution in [2.24, 2.45) is 0 Å². The Hall–Kier alpha value is -2.10. The first kappa shape index (κ1) is 8.50. The van der Waals surface area contributed by atoms with E-state index in [0.29, 0.717) is 11.1 Å². The summed E-state index contributed by atoms with van der Waals surface area (Å²) in [7, 11) is 0. The molecule has 0 unspecified atom stereocenters. The summed E-state index contributed by atoms with van der Waals surface area (Å²) in [6, 6.07) is 7.51. The monoisotopic (exact) mass is 187 g/mol. The molecule has 0 atom stereocenters. The van der Waals surface area contributed by atoms with Gasteiger partial charge in [0.15, 0.2) is 0 Å². The number of pyridine rings is 2. The van der Waals surface area contributed by atoms with Crippen LogP contribution in [-0.2, 0) is 0 Å². The zero-order valence-corrected chi connectivity index (χ0v) is 7.20. The molecule has 0 saturated carbocycles. The van der Waals surface area contributed by atoms with E-state index in [1.54, 1.807) is 24.4 Å². The Morgan fingerprint density at radius 3 is 2.64 bits per heavy atom. The number of aromatic nitrogens is 2. The summed E-state index contributed by atoms with van der Waals surface area (Å²) in [5.41, 5.74) is 0.370. The van der Waals surface area contributed by atoms with Crippen LogP contribution in [0.3, 0.4) is 0 Å². The number of nitrogens with one attached hydrogen (secondary N) is 2. The molecule has 14 heavy (non-hydrogen) atoms. The van der Waals surface area contributed by atoms with Gasteiger partial charge in [0.05, 0.1) is 6.07 Å². The Bertz CT molecular complexity index is 554. The summed E-state index contributed by atoms with van der Waals surface area (Å²) in [4.78, 5) is 27.3. The molecule has 0 amide bonds. The van der Waals surface area contributed by atoms with Crippen molar-refractivity contribution in [1.82, 2.24) is 9.97 Å². The van der Waals surface area contributed by atoms with Crippen LogP contribution in [0, 0.1) is 6.07 Å². The molecule has 2 N–H and O–H groups in total. The fourth-order valence-electron chi connectivity index (χ4n) is 1.19. The molecule has 0 saturated heterocycles. The van der Waals surface area contributed by atoms with Crippen LogP contribution in [-0.4, -0.2) is 9.97 Å². The molecule has 0 aliphatic rings. The molecule has 2 aromatic heterocycles. The van der Waals surface area contributed by atoms with E-state index in [-0.39, 0.29) is 11.1 Å². The van der Waals surface area contributed by atoms with Crippen LogP contribution in [0.4, 0.5) is 0 Å². The average Bonchev–Trinajstić information content (AvgIpc) is 2.18. The first-order valence-electron chi connectivity index (χ1n) is 4.06. The van der Waals surface area contributed by atoms with Crippen molar-refractivity contribution in [2.45, 2.75) is 0 Å². The van der Waals surface area contributed by atoms with Gasteiger partial charge in [0.2, 0.25) is 0 Å². The van der Waals surface area contributed by atoms with Crippen molar-refractivity contribution in [2.75, 3.05) is 0 Å². The van der Waals surface area contributed by atoms with E-state index in [2.05, 4.69) is 16.0 Å². The first-order chi connectivity index (χ1) is 6.77. The van der Waals surface area contributed by atoms with E-state index in [0.717, 1.165) is 0 Å². The van der Waals surface area contributed by atoms with Gasteiger partial charge in [-0.2, -0.15) is 0 Å². The van der Waals surface area contributed by atoms with Crippen LogP contribution >= 0.6 is 0 Å². The zero-order valence-electron chi connectivity index (χ0n) is 7.20. The largest absolute Gasteiger partial charge is 0.329 e. The van der Waals surface area contributed by atoms with E-state index < -0.39 is 0 Å². The van der Waals surface area contributed by atoms with E-state index in [1.807, 2.05) is 0 Å². The summed E-state index contributed by atoms with van der Waals surface area (Å²) in [6.07, 6.45) is 3.03. The highest BCUT2D eigenvalue weighted by Gasteiger charge is 2.01. The molecule has 0 bridgehead atoms. The summed E-state index contributed by atoms with van der Waals surface area (Å²) < 4.78 is 0. The second-order valence-electron chi connectivity index (χ2n) is 2.76. The topological polar surface area (TPSA) is 65.7 Å². The van der Waals surface area contributed by atoms with Crippen LogP contribution in [0.5, 0.6) is 0 Å². The molecular formula is C10H7N2O2. The average molecular weight is 187 g/mol. The maximum absolute atomic E-state index is 11.3. The van der Waals surface area contributed by atoms with Gasteiger partial charge in [-0.3, -0.25) is 9.59 Å². The van der Waals surface area contributed by atoms with E-state index in [1.165, 1.54) is 6.20 Å². The van der Waals surface area contributed by atoms with Gasteiger partial charge >= 0.3 is 0 Å². The second kappa shape index (κ2) is 3.33. The highest BCUT2D eigenvalue weighted by atomic mass is 16.1. The number of H-pyrrole nitrogens is 2. The van der Waals surface area contributed by atoms with Gasteiger partial charge in [-0.25, -0.2) is 0 Å². The van der Waals surface area contributed by atoms with Crippen molar-refractivity contribution in [3.63, 3.8) is 0 Å². The normalized spacial score (nSPS) is 10.0. The van der Waals surface area contributed by atoms with E-state index >= 15 is 0 Å². The molecule has 69 valence electrons. The molecule has 0 spiro atoms. The number of aromatic amines is 2. The zero-order chi connectivity index (χ0) is 9.97.